The number of hydrogen-bond donors (Lipinski definition) is 1. The van der Waals surface area contributed by atoms with Crippen molar-refractivity contribution in [3.63, 3.8) is 0 Å². The first-order valence-corrected chi connectivity index (χ1v) is 17.9. The van der Waals surface area contributed by atoms with Crippen LogP contribution in [-0.2, 0) is 27.7 Å². The number of carbonyl (C=O) groups excluding carboxylic acids is 2. The minimum Gasteiger partial charge on any atom is -0.357 e. The van der Waals surface area contributed by atoms with Crippen molar-refractivity contribution in [1.82, 2.24) is 24.5 Å². The maximum Gasteiger partial charge on any atom is 0.254 e. The van der Waals surface area contributed by atoms with E-state index in [1.165, 1.54) is 6.08 Å². The molecule has 7 rings (SSSR count). The monoisotopic (exact) mass is 672 g/mol. The minimum absolute atomic E-state index is 0.0246. The van der Waals surface area contributed by atoms with Crippen LogP contribution in [0.15, 0.2) is 120 Å². The molecule has 5 heterocycles. The van der Waals surface area contributed by atoms with Gasteiger partial charge in [0.25, 0.3) is 5.91 Å². The summed E-state index contributed by atoms with van der Waals surface area (Å²) in [4.78, 5) is 38.8. The second kappa shape index (κ2) is 13.4. The number of piperidine rings is 1. The predicted octanol–water partition coefficient (Wildman–Crippen LogP) is 4.66. The van der Waals surface area contributed by atoms with E-state index in [-0.39, 0.29) is 29.7 Å². The van der Waals surface area contributed by atoms with Gasteiger partial charge in [0.1, 0.15) is 11.4 Å². The fraction of sp³-hybridized carbons (Fsp3) is 0.289. The zero-order chi connectivity index (χ0) is 34.0. The summed E-state index contributed by atoms with van der Waals surface area (Å²) in [5, 5.41) is 12.8. The van der Waals surface area contributed by atoms with E-state index in [0.717, 1.165) is 24.0 Å². The van der Waals surface area contributed by atoms with Crippen molar-refractivity contribution < 1.29 is 18.0 Å². The molecule has 0 saturated carbocycles. The lowest BCUT2D eigenvalue weighted by Crippen LogP contribution is -2.51. The third-order valence-electron chi connectivity index (χ3n) is 9.91. The van der Waals surface area contributed by atoms with Crippen LogP contribution in [0.25, 0.3) is 0 Å². The Morgan fingerprint density at radius 3 is 2.00 bits per heavy atom. The summed E-state index contributed by atoms with van der Waals surface area (Å²) in [5.74, 6) is -0.00497. The molecule has 0 spiro atoms. The lowest BCUT2D eigenvalue weighted by molar-refractivity contribution is -0.132. The quantitative estimate of drug-likeness (QED) is 0.190. The van der Waals surface area contributed by atoms with Crippen molar-refractivity contribution in [3.05, 3.63) is 138 Å². The van der Waals surface area contributed by atoms with Crippen LogP contribution in [-0.4, -0.2) is 63.4 Å². The summed E-state index contributed by atoms with van der Waals surface area (Å²) >= 11 is 0. The maximum atomic E-state index is 14.8. The van der Waals surface area contributed by atoms with Gasteiger partial charge in [-0.3, -0.25) is 24.5 Å². The number of sulfonamides is 1. The number of pyridine rings is 2. The lowest BCUT2D eigenvalue weighted by atomic mass is 9.84. The number of hydrogen-bond acceptors (Lipinski definition) is 8. The lowest BCUT2D eigenvalue weighted by Gasteiger charge is -2.39. The normalized spacial score (nSPS) is 22.5. The first kappa shape index (κ1) is 32.4. The molecule has 10 nitrogen and oxygen atoms in total. The van der Waals surface area contributed by atoms with Crippen LogP contribution >= 0.6 is 0 Å². The van der Waals surface area contributed by atoms with E-state index in [1.54, 1.807) is 82.5 Å². The average molecular weight is 673 g/mol. The zero-order valence-corrected chi connectivity index (χ0v) is 27.7. The van der Waals surface area contributed by atoms with Crippen LogP contribution in [0.1, 0.15) is 52.7 Å². The van der Waals surface area contributed by atoms with Gasteiger partial charge in [-0.2, -0.15) is 9.57 Å². The van der Waals surface area contributed by atoms with Gasteiger partial charge >= 0.3 is 0 Å². The highest BCUT2D eigenvalue weighted by atomic mass is 32.2. The van der Waals surface area contributed by atoms with Gasteiger partial charge in [0.05, 0.1) is 16.5 Å². The van der Waals surface area contributed by atoms with Crippen LogP contribution in [0, 0.1) is 17.2 Å². The van der Waals surface area contributed by atoms with Gasteiger partial charge < -0.3 is 5.32 Å². The number of ketones is 1. The summed E-state index contributed by atoms with van der Waals surface area (Å²) in [6, 6.07) is 24.3. The number of aromatic nitrogens is 2. The van der Waals surface area contributed by atoms with Crippen molar-refractivity contribution in [1.29, 1.82) is 5.26 Å². The van der Waals surface area contributed by atoms with Crippen LogP contribution < -0.4 is 5.32 Å². The Balaban J connectivity index is 1.22. The van der Waals surface area contributed by atoms with Crippen molar-refractivity contribution in [2.45, 2.75) is 61.0 Å². The fourth-order valence-electron chi connectivity index (χ4n) is 7.71. The number of nitrogens with zero attached hydrogens (tertiary/aromatic N) is 5. The number of rotatable bonds is 10. The molecule has 49 heavy (non-hydrogen) atoms. The summed E-state index contributed by atoms with van der Waals surface area (Å²) in [6.45, 7) is 0.346. The first-order chi connectivity index (χ1) is 23.8. The van der Waals surface area contributed by atoms with Crippen molar-refractivity contribution in [2.75, 3.05) is 6.54 Å². The van der Waals surface area contributed by atoms with Crippen LogP contribution in [0.4, 0.5) is 0 Å². The third kappa shape index (κ3) is 6.49. The molecule has 2 atom stereocenters. The number of allylic oxidation sites excluding steroid dienone is 1. The van der Waals surface area contributed by atoms with E-state index in [0.29, 0.717) is 54.1 Å². The summed E-state index contributed by atoms with van der Waals surface area (Å²) in [5.41, 5.74) is 1.59. The molecule has 11 heteroatoms. The van der Waals surface area contributed by atoms with Gasteiger partial charge in [-0.1, -0.05) is 18.2 Å². The summed E-state index contributed by atoms with van der Waals surface area (Å²) in [6.07, 6.45) is 11.8. The smallest absolute Gasteiger partial charge is 0.254 e. The van der Waals surface area contributed by atoms with Crippen molar-refractivity contribution in [3.8, 4) is 6.07 Å². The Hall–Kier alpha value is -5.18. The molecular formula is C38H36N6O4S. The van der Waals surface area contributed by atoms with E-state index in [9.17, 15) is 23.3 Å². The fourth-order valence-corrected chi connectivity index (χ4v) is 9.62. The predicted molar refractivity (Wildman–Crippen MR) is 182 cm³/mol. The molecule has 2 unspecified atom stereocenters. The maximum absolute atomic E-state index is 14.8. The van der Waals surface area contributed by atoms with Gasteiger partial charge in [-0.05, 0) is 103 Å². The summed E-state index contributed by atoms with van der Waals surface area (Å²) < 4.78 is 29.1. The van der Waals surface area contributed by atoms with Gasteiger partial charge in [0, 0.05) is 67.9 Å². The van der Waals surface area contributed by atoms with Gasteiger partial charge in [0.15, 0.2) is 5.78 Å². The van der Waals surface area contributed by atoms with Crippen molar-refractivity contribution >= 4 is 21.7 Å². The molecule has 3 aliphatic heterocycles. The van der Waals surface area contributed by atoms with E-state index >= 15 is 0 Å². The van der Waals surface area contributed by atoms with Crippen LogP contribution in [0.3, 0.4) is 0 Å². The first-order valence-electron chi connectivity index (χ1n) is 16.5. The Labute approximate surface area is 286 Å². The molecule has 0 aliphatic carbocycles. The Bertz CT molecular complexity index is 1960. The SMILES string of the molecule is N#Cc1ccc(C(=O)/C=C2\NC(Cc3ccncc3)(Cc3ccncc3)C(=O)N2CC2CC3CCC(C2)N3S(=O)(=O)c2ccccc2)cc1. The second-order valence-corrected chi connectivity index (χ2v) is 15.0. The Kier molecular flexibility index (Phi) is 8.84. The molecule has 1 amide bonds. The highest BCUT2D eigenvalue weighted by Gasteiger charge is 2.52. The zero-order valence-electron chi connectivity index (χ0n) is 26.9. The highest BCUT2D eigenvalue weighted by molar-refractivity contribution is 7.89. The number of fused-ring (bicyclic) bond motifs is 2. The number of nitrogens with one attached hydrogen (secondary N) is 1. The van der Waals surface area contributed by atoms with Gasteiger partial charge in [0.2, 0.25) is 10.0 Å². The molecule has 2 aromatic heterocycles. The largest absolute Gasteiger partial charge is 0.357 e. The Morgan fingerprint density at radius 1 is 0.878 bits per heavy atom. The standard InChI is InChI=1S/C38H36N6O4S/c39-25-29-6-8-31(9-7-29)35(45)22-36-42-38(23-27-12-16-40-17-13-27,24-28-14-18-41-19-15-28)37(46)43(36)26-30-20-32-10-11-33(21-30)44(32)49(47,48)34-4-2-1-3-5-34/h1-9,12-19,22,30,32-33,42H,10-11,20-21,23-24,26H2/b36-22+. The molecule has 2 bridgehead atoms. The molecule has 248 valence electrons. The minimum atomic E-state index is -3.66. The number of amides is 1. The number of carbonyl (C=O) groups is 2. The number of benzene rings is 2. The third-order valence-corrected chi connectivity index (χ3v) is 11.9. The molecular weight excluding hydrogens is 637 g/mol. The van der Waals surface area contributed by atoms with E-state index in [2.05, 4.69) is 21.4 Å². The summed E-state index contributed by atoms with van der Waals surface area (Å²) in [7, 11) is -3.66. The molecule has 3 fully saturated rings. The van der Waals surface area contributed by atoms with Gasteiger partial charge in [-0.25, -0.2) is 8.42 Å². The average Bonchev–Trinajstić information content (AvgIpc) is 3.54. The molecule has 2 aromatic carbocycles. The van der Waals surface area contributed by atoms with E-state index in [1.807, 2.05) is 30.3 Å². The Morgan fingerprint density at radius 2 is 1.45 bits per heavy atom. The molecule has 3 aliphatic rings. The van der Waals surface area contributed by atoms with Crippen molar-refractivity contribution in [2.24, 2.45) is 5.92 Å². The van der Waals surface area contributed by atoms with E-state index in [4.69, 9.17) is 0 Å². The highest BCUT2D eigenvalue weighted by Crippen LogP contribution is 2.43. The van der Waals surface area contributed by atoms with E-state index < -0.39 is 15.6 Å². The topological polar surface area (TPSA) is 136 Å². The molecule has 3 saturated heterocycles. The molecule has 1 N–H and O–H groups in total. The van der Waals surface area contributed by atoms with Gasteiger partial charge in [-0.15, -0.1) is 0 Å². The second-order valence-electron chi connectivity index (χ2n) is 13.1. The molecule has 4 aromatic rings. The molecule has 0 radical (unpaired) electrons. The van der Waals surface area contributed by atoms with Crippen LogP contribution in [0.2, 0.25) is 0 Å². The van der Waals surface area contributed by atoms with Crippen LogP contribution in [0.5, 0.6) is 0 Å². The number of nitriles is 1.